The number of ether oxygens (including phenoxy) is 3. The molecule has 0 aliphatic carbocycles. The molecule has 4 atom stereocenters. The third-order valence-corrected chi connectivity index (χ3v) is 10.1. The van der Waals surface area contributed by atoms with Gasteiger partial charge in [0.25, 0.3) is 0 Å². The Kier molecular flexibility index (Phi) is 20.9. The molecule has 3 rings (SSSR count). The molecule has 0 radical (unpaired) electrons. The number of hydrogen-bond donors (Lipinski definition) is 6. The highest BCUT2D eigenvalue weighted by molar-refractivity contribution is 5.95. The smallest absolute Gasteiger partial charge is 0.408 e. The molecule has 1 heterocycles. The molecule has 2 aromatic rings. The van der Waals surface area contributed by atoms with Crippen molar-refractivity contribution in [2.75, 3.05) is 26.7 Å². The number of likely N-dealkylation sites (tertiary alicyclic amines) is 1. The van der Waals surface area contributed by atoms with Crippen LogP contribution in [0, 0.1) is 5.92 Å². The lowest BCUT2D eigenvalue weighted by Gasteiger charge is -2.35. The average Bonchev–Trinajstić information content (AvgIpc) is 3.21. The van der Waals surface area contributed by atoms with Gasteiger partial charge in [-0.3, -0.25) is 19.2 Å². The van der Waals surface area contributed by atoms with E-state index in [9.17, 15) is 33.6 Å². The van der Waals surface area contributed by atoms with E-state index >= 15 is 0 Å². The summed E-state index contributed by atoms with van der Waals surface area (Å²) < 4.78 is 15.5. The molecular formula is C47H71N7O10. The molecule has 1 aliphatic rings. The number of rotatable bonds is 20. The minimum atomic E-state index is -1.18. The molecule has 1 aliphatic heterocycles. The minimum Gasteiger partial charge on any atom is -0.453 e. The van der Waals surface area contributed by atoms with Crippen molar-refractivity contribution in [3.8, 4) is 0 Å². The second-order valence-corrected chi connectivity index (χ2v) is 18.6. The summed E-state index contributed by atoms with van der Waals surface area (Å²) in [6, 6.07) is 13.7. The first kappa shape index (κ1) is 52.5. The average molecular weight is 894 g/mol. The standard InChI is InChI=1S/C47H71N7O10/c1-31(2)28-36(39(55)50-35(22-16-17-25-48-43(59)63-46(3,4)5)42(58)54-26-23-34(24-27-54)49-44(60)62-9)51-40(56)37(29-32-18-12-10-13-19-32)52-41(57)38(30-33-20-14-11-15-21-33)53-45(61)64-47(6,7)8/h10-15,18-21,31,34-38H,16-17,22-30H2,1-9H3,(H,48,59)(H,49,60)(H,50,55)(H,51,56)(H,52,57)(H,53,61)/t35-,36-,37-,38-/m1/s1. The van der Waals surface area contributed by atoms with Crippen LogP contribution in [0.15, 0.2) is 60.7 Å². The number of hydrogen-bond acceptors (Lipinski definition) is 10. The van der Waals surface area contributed by atoms with E-state index in [-0.39, 0.29) is 50.1 Å². The van der Waals surface area contributed by atoms with Crippen molar-refractivity contribution >= 4 is 41.9 Å². The molecule has 0 spiro atoms. The lowest BCUT2D eigenvalue weighted by atomic mass is 9.99. The summed E-state index contributed by atoms with van der Waals surface area (Å²) in [5.74, 6) is -2.22. The maximum absolute atomic E-state index is 14.4. The van der Waals surface area contributed by atoms with Crippen molar-refractivity contribution in [2.45, 2.75) is 148 Å². The number of carbonyl (C=O) groups excluding carboxylic acids is 7. The number of amides is 7. The Hall–Kier alpha value is -5.87. The van der Waals surface area contributed by atoms with Gasteiger partial charge in [0.2, 0.25) is 23.6 Å². The Morgan fingerprint density at radius 1 is 0.625 bits per heavy atom. The summed E-state index contributed by atoms with van der Waals surface area (Å²) in [6.07, 6.45) is 0.643. The van der Waals surface area contributed by atoms with Crippen LogP contribution in [0.1, 0.15) is 105 Å². The molecule has 17 heteroatoms. The summed E-state index contributed by atoms with van der Waals surface area (Å²) in [6.45, 7) is 15.2. The zero-order chi connectivity index (χ0) is 47.5. The van der Waals surface area contributed by atoms with E-state index in [1.807, 2.05) is 74.5 Å². The zero-order valence-electron chi connectivity index (χ0n) is 39.0. The van der Waals surface area contributed by atoms with Crippen LogP contribution >= 0.6 is 0 Å². The first-order chi connectivity index (χ1) is 30.1. The molecule has 2 aromatic carbocycles. The number of methoxy groups -OCH3 is 1. The number of alkyl carbamates (subject to hydrolysis) is 3. The molecule has 1 fully saturated rings. The summed E-state index contributed by atoms with van der Waals surface area (Å²) in [5, 5.41) is 16.8. The number of unbranched alkanes of at least 4 members (excludes halogenated alkanes) is 1. The minimum absolute atomic E-state index is 0.0676. The molecular weight excluding hydrogens is 823 g/mol. The van der Waals surface area contributed by atoms with E-state index in [4.69, 9.17) is 14.2 Å². The third-order valence-electron chi connectivity index (χ3n) is 10.1. The largest absolute Gasteiger partial charge is 0.453 e. The van der Waals surface area contributed by atoms with E-state index in [1.54, 1.807) is 46.4 Å². The molecule has 17 nitrogen and oxygen atoms in total. The van der Waals surface area contributed by atoms with E-state index < -0.39 is 71.4 Å². The van der Waals surface area contributed by atoms with Gasteiger partial charge >= 0.3 is 18.3 Å². The van der Waals surface area contributed by atoms with Crippen LogP contribution in [0.25, 0.3) is 0 Å². The number of nitrogens with one attached hydrogen (secondary N) is 6. The summed E-state index contributed by atoms with van der Waals surface area (Å²) in [5.41, 5.74) is 0.0132. The van der Waals surface area contributed by atoms with Gasteiger partial charge in [-0.05, 0) is 97.1 Å². The lowest BCUT2D eigenvalue weighted by Crippen LogP contribution is -2.59. The predicted molar refractivity (Wildman–Crippen MR) is 242 cm³/mol. The first-order valence-corrected chi connectivity index (χ1v) is 22.2. The Balaban J connectivity index is 1.85. The van der Waals surface area contributed by atoms with Gasteiger partial charge in [-0.15, -0.1) is 0 Å². The van der Waals surface area contributed by atoms with Crippen molar-refractivity contribution in [1.29, 1.82) is 0 Å². The Bertz CT molecular complexity index is 1820. The maximum Gasteiger partial charge on any atom is 0.408 e. The molecule has 64 heavy (non-hydrogen) atoms. The van der Waals surface area contributed by atoms with Crippen molar-refractivity contribution in [3.63, 3.8) is 0 Å². The van der Waals surface area contributed by atoms with Gasteiger partial charge < -0.3 is 51.0 Å². The first-order valence-electron chi connectivity index (χ1n) is 22.2. The second-order valence-electron chi connectivity index (χ2n) is 18.6. The van der Waals surface area contributed by atoms with Crippen LogP contribution in [0.2, 0.25) is 0 Å². The lowest BCUT2D eigenvalue weighted by molar-refractivity contribution is -0.139. The maximum atomic E-state index is 14.4. The van der Waals surface area contributed by atoms with Crippen LogP contribution in [0.3, 0.4) is 0 Å². The fourth-order valence-electron chi connectivity index (χ4n) is 7.01. The molecule has 7 amide bonds. The molecule has 0 unspecified atom stereocenters. The van der Waals surface area contributed by atoms with Crippen LogP contribution in [0.4, 0.5) is 14.4 Å². The molecule has 0 bridgehead atoms. The molecule has 0 saturated carbocycles. The number of piperidine rings is 1. The SMILES string of the molecule is COC(=O)NC1CCN(C(=O)[C@@H](CCCCNC(=O)OC(C)(C)C)NC(=O)[C@@H](CC(C)C)NC(=O)[C@@H](Cc2ccccc2)NC(=O)[C@@H](Cc2ccccc2)NC(=O)OC(C)(C)C)CC1. The van der Waals surface area contributed by atoms with Crippen molar-refractivity contribution < 1.29 is 47.8 Å². The number of nitrogens with zero attached hydrogens (tertiary/aromatic N) is 1. The van der Waals surface area contributed by atoms with Gasteiger partial charge in [-0.2, -0.15) is 0 Å². The van der Waals surface area contributed by atoms with Gasteiger partial charge in [-0.25, -0.2) is 14.4 Å². The fourth-order valence-corrected chi connectivity index (χ4v) is 7.01. The number of benzene rings is 2. The van der Waals surface area contributed by atoms with Crippen LogP contribution in [-0.2, 0) is 46.2 Å². The number of carbonyl (C=O) groups is 7. The highest BCUT2D eigenvalue weighted by Gasteiger charge is 2.35. The van der Waals surface area contributed by atoms with Crippen LogP contribution < -0.4 is 31.9 Å². The van der Waals surface area contributed by atoms with Gasteiger partial charge in [0, 0.05) is 38.5 Å². The third kappa shape index (κ3) is 20.1. The Labute approximate surface area is 378 Å². The Morgan fingerprint density at radius 3 is 1.59 bits per heavy atom. The van der Waals surface area contributed by atoms with Gasteiger partial charge in [0.05, 0.1) is 7.11 Å². The van der Waals surface area contributed by atoms with Crippen LogP contribution in [-0.4, -0.2) is 115 Å². The predicted octanol–water partition coefficient (Wildman–Crippen LogP) is 4.91. The molecule has 0 aromatic heterocycles. The van der Waals surface area contributed by atoms with E-state index in [0.29, 0.717) is 38.8 Å². The Morgan fingerprint density at radius 2 is 1.09 bits per heavy atom. The summed E-state index contributed by atoms with van der Waals surface area (Å²) in [4.78, 5) is 95.6. The molecule has 354 valence electrons. The topological polar surface area (TPSA) is 223 Å². The summed E-state index contributed by atoms with van der Waals surface area (Å²) in [7, 11) is 1.29. The van der Waals surface area contributed by atoms with Gasteiger partial charge in [-0.1, -0.05) is 74.5 Å². The highest BCUT2D eigenvalue weighted by Crippen LogP contribution is 2.16. The van der Waals surface area contributed by atoms with E-state index in [2.05, 4.69) is 31.9 Å². The van der Waals surface area contributed by atoms with E-state index in [0.717, 1.165) is 11.1 Å². The second kappa shape index (κ2) is 25.4. The fraction of sp³-hybridized carbons (Fsp3) is 0.596. The quantitative estimate of drug-likeness (QED) is 0.0779. The zero-order valence-corrected chi connectivity index (χ0v) is 39.0. The van der Waals surface area contributed by atoms with Gasteiger partial charge in [0.15, 0.2) is 0 Å². The van der Waals surface area contributed by atoms with E-state index in [1.165, 1.54) is 7.11 Å². The monoisotopic (exact) mass is 894 g/mol. The summed E-state index contributed by atoms with van der Waals surface area (Å²) >= 11 is 0. The van der Waals surface area contributed by atoms with Crippen molar-refractivity contribution in [2.24, 2.45) is 5.92 Å². The van der Waals surface area contributed by atoms with Crippen LogP contribution in [0.5, 0.6) is 0 Å². The van der Waals surface area contributed by atoms with Crippen molar-refractivity contribution in [3.05, 3.63) is 71.8 Å². The highest BCUT2D eigenvalue weighted by atomic mass is 16.6. The van der Waals surface area contributed by atoms with Crippen molar-refractivity contribution in [1.82, 2.24) is 36.8 Å². The molecule has 1 saturated heterocycles. The normalized spacial score (nSPS) is 15.1. The molecule has 6 N–H and O–H groups in total. The van der Waals surface area contributed by atoms with Gasteiger partial charge in [0.1, 0.15) is 35.4 Å².